The van der Waals surface area contributed by atoms with Crippen molar-refractivity contribution >= 4 is 5.91 Å². The summed E-state index contributed by atoms with van der Waals surface area (Å²) in [6.07, 6.45) is 1.91. The van der Waals surface area contributed by atoms with Crippen molar-refractivity contribution in [3.63, 3.8) is 0 Å². The van der Waals surface area contributed by atoms with Gasteiger partial charge >= 0.3 is 5.91 Å². The Morgan fingerprint density at radius 2 is 2.35 bits per heavy atom. The van der Waals surface area contributed by atoms with Crippen LogP contribution in [0, 0.1) is 18.8 Å². The Labute approximate surface area is 117 Å². The minimum atomic E-state index is -0.409. The normalized spacial score (nSPS) is 29.6. The maximum Gasteiger partial charge on any atom is 0.300 e. The summed E-state index contributed by atoms with van der Waals surface area (Å²) in [5.41, 5.74) is 3.09. The van der Waals surface area contributed by atoms with Crippen molar-refractivity contribution < 1.29 is 14.3 Å². The summed E-state index contributed by atoms with van der Waals surface area (Å²) in [6.45, 7) is 4.56. The minimum absolute atomic E-state index is 0.144. The molecule has 0 spiro atoms. The molecule has 0 aromatic carbocycles. The molecule has 1 amide bonds. The summed E-state index contributed by atoms with van der Waals surface area (Å²) in [7, 11) is 0. The second kappa shape index (κ2) is 5.20. The van der Waals surface area contributed by atoms with E-state index in [1.54, 1.807) is 6.07 Å². The summed E-state index contributed by atoms with van der Waals surface area (Å²) in [5, 5.41) is 9.93. The van der Waals surface area contributed by atoms with Crippen LogP contribution in [0.2, 0.25) is 0 Å². The SMILES string of the molecule is Cc1oc(C(=O)NN)cc1CN1CC2CCC(O)C2C1. The fourth-order valence-corrected chi connectivity index (χ4v) is 3.56. The van der Waals surface area contributed by atoms with Gasteiger partial charge in [-0.1, -0.05) is 0 Å². The summed E-state index contributed by atoms with van der Waals surface area (Å²) >= 11 is 0. The molecule has 1 saturated heterocycles. The summed E-state index contributed by atoms with van der Waals surface area (Å²) in [5.74, 6) is 6.72. The van der Waals surface area contributed by atoms with Gasteiger partial charge in [0.15, 0.2) is 5.76 Å². The highest BCUT2D eigenvalue weighted by Gasteiger charge is 2.41. The van der Waals surface area contributed by atoms with Crippen LogP contribution in [0.25, 0.3) is 0 Å². The fourth-order valence-electron chi connectivity index (χ4n) is 3.56. The highest BCUT2D eigenvalue weighted by molar-refractivity contribution is 5.91. The lowest BCUT2D eigenvalue weighted by Crippen LogP contribution is -2.29. The number of nitrogen functional groups attached to an aromatic ring is 1. The number of furan rings is 1. The van der Waals surface area contributed by atoms with Crippen LogP contribution in [0.5, 0.6) is 0 Å². The second-order valence-corrected chi connectivity index (χ2v) is 5.93. The molecule has 3 atom stereocenters. The molecule has 2 aliphatic rings. The first-order valence-electron chi connectivity index (χ1n) is 7.09. The van der Waals surface area contributed by atoms with E-state index < -0.39 is 5.91 Å². The second-order valence-electron chi connectivity index (χ2n) is 5.93. The van der Waals surface area contributed by atoms with Crippen LogP contribution >= 0.6 is 0 Å². The number of carbonyl (C=O) groups excluding carboxylic acids is 1. The quantitative estimate of drug-likeness (QED) is 0.423. The first-order valence-corrected chi connectivity index (χ1v) is 7.09. The standard InChI is InChI=1S/C14H21N3O3/c1-8-10(4-13(20-8)14(19)16-15)6-17-5-9-2-3-12(18)11(9)7-17/h4,9,11-12,18H,2-3,5-7,15H2,1H3,(H,16,19). The predicted octanol–water partition coefficient (Wildman–Crippen LogP) is 0.394. The molecule has 0 bridgehead atoms. The van der Waals surface area contributed by atoms with Gasteiger partial charge in [-0.25, -0.2) is 5.84 Å². The number of hydrogen-bond acceptors (Lipinski definition) is 5. The predicted molar refractivity (Wildman–Crippen MR) is 72.6 cm³/mol. The lowest BCUT2D eigenvalue weighted by Gasteiger charge is -2.17. The van der Waals surface area contributed by atoms with E-state index in [0.29, 0.717) is 11.8 Å². The number of likely N-dealkylation sites (tertiary alicyclic amines) is 1. The zero-order valence-electron chi connectivity index (χ0n) is 11.6. The van der Waals surface area contributed by atoms with Gasteiger partial charge in [0.05, 0.1) is 6.10 Å². The van der Waals surface area contributed by atoms with Crippen molar-refractivity contribution in [3.05, 3.63) is 23.2 Å². The van der Waals surface area contributed by atoms with Gasteiger partial charge in [0.2, 0.25) is 0 Å². The van der Waals surface area contributed by atoms with Crippen LogP contribution in [0.4, 0.5) is 0 Å². The van der Waals surface area contributed by atoms with Crippen LogP contribution in [0.1, 0.15) is 34.7 Å². The smallest absolute Gasteiger partial charge is 0.300 e. The van der Waals surface area contributed by atoms with Crippen LogP contribution in [0.3, 0.4) is 0 Å². The maximum absolute atomic E-state index is 11.4. The fraction of sp³-hybridized carbons (Fsp3) is 0.643. The van der Waals surface area contributed by atoms with E-state index in [4.69, 9.17) is 10.3 Å². The third-order valence-electron chi connectivity index (χ3n) is 4.66. The summed E-state index contributed by atoms with van der Waals surface area (Å²) in [6, 6.07) is 1.75. The van der Waals surface area contributed by atoms with Crippen LogP contribution in [-0.4, -0.2) is 35.1 Å². The minimum Gasteiger partial charge on any atom is -0.456 e. The average molecular weight is 279 g/mol. The van der Waals surface area contributed by atoms with Gasteiger partial charge in [-0.15, -0.1) is 0 Å². The molecule has 110 valence electrons. The Bertz CT molecular complexity index is 514. The molecule has 0 radical (unpaired) electrons. The third kappa shape index (κ3) is 2.34. The molecule has 1 aliphatic heterocycles. The monoisotopic (exact) mass is 279 g/mol. The Morgan fingerprint density at radius 1 is 1.55 bits per heavy atom. The number of nitrogens with two attached hydrogens (primary N) is 1. The maximum atomic E-state index is 11.4. The van der Waals surface area contributed by atoms with E-state index in [0.717, 1.165) is 43.8 Å². The largest absolute Gasteiger partial charge is 0.456 e. The number of nitrogens with one attached hydrogen (secondary N) is 1. The van der Waals surface area contributed by atoms with Gasteiger partial charge in [0, 0.05) is 31.1 Å². The molecule has 20 heavy (non-hydrogen) atoms. The zero-order chi connectivity index (χ0) is 14.3. The molecule has 6 nitrogen and oxygen atoms in total. The molecule has 3 rings (SSSR count). The Kier molecular flexibility index (Phi) is 3.54. The molecule has 4 N–H and O–H groups in total. The van der Waals surface area contributed by atoms with Gasteiger partial charge in [-0.3, -0.25) is 15.1 Å². The number of amides is 1. The van der Waals surface area contributed by atoms with Crippen molar-refractivity contribution in [2.45, 2.75) is 32.4 Å². The molecule has 3 unspecified atom stereocenters. The number of carbonyl (C=O) groups is 1. The van der Waals surface area contributed by atoms with Gasteiger partial charge in [-0.2, -0.15) is 0 Å². The topological polar surface area (TPSA) is 91.7 Å². The van der Waals surface area contributed by atoms with Crippen molar-refractivity contribution in [1.82, 2.24) is 10.3 Å². The van der Waals surface area contributed by atoms with Crippen molar-refractivity contribution in [1.29, 1.82) is 0 Å². The van der Waals surface area contributed by atoms with Gasteiger partial charge in [-0.05, 0) is 31.7 Å². The van der Waals surface area contributed by atoms with E-state index in [9.17, 15) is 9.90 Å². The van der Waals surface area contributed by atoms with Crippen LogP contribution < -0.4 is 11.3 Å². The number of hydrazine groups is 1. The number of aliphatic hydroxyl groups is 1. The van der Waals surface area contributed by atoms with Gasteiger partial charge in [0.1, 0.15) is 5.76 Å². The highest BCUT2D eigenvalue weighted by Crippen LogP contribution is 2.38. The van der Waals surface area contributed by atoms with Crippen LogP contribution in [-0.2, 0) is 6.54 Å². The molecular formula is C14H21N3O3. The van der Waals surface area contributed by atoms with E-state index in [-0.39, 0.29) is 11.9 Å². The van der Waals surface area contributed by atoms with E-state index in [2.05, 4.69) is 10.3 Å². The van der Waals surface area contributed by atoms with E-state index in [1.807, 2.05) is 6.92 Å². The number of fused-ring (bicyclic) bond motifs is 1. The molecule has 1 saturated carbocycles. The average Bonchev–Trinajstić information content (AvgIpc) is 3.08. The molecule has 1 aliphatic carbocycles. The molecule has 1 aromatic heterocycles. The van der Waals surface area contributed by atoms with Crippen LogP contribution in [0.15, 0.2) is 10.5 Å². The third-order valence-corrected chi connectivity index (χ3v) is 4.66. The summed E-state index contributed by atoms with van der Waals surface area (Å²) < 4.78 is 5.42. The van der Waals surface area contributed by atoms with E-state index in [1.165, 1.54) is 0 Å². The lowest BCUT2D eigenvalue weighted by molar-refractivity contribution is 0.0924. The number of aryl methyl sites for hydroxylation is 1. The Morgan fingerprint density at radius 3 is 3.05 bits per heavy atom. The zero-order valence-corrected chi connectivity index (χ0v) is 11.6. The van der Waals surface area contributed by atoms with Crippen molar-refractivity contribution in [2.24, 2.45) is 17.7 Å². The first-order chi connectivity index (χ1) is 9.58. The lowest BCUT2D eigenvalue weighted by atomic mass is 10.00. The van der Waals surface area contributed by atoms with E-state index >= 15 is 0 Å². The highest BCUT2D eigenvalue weighted by atomic mass is 16.4. The van der Waals surface area contributed by atoms with Gasteiger partial charge in [0.25, 0.3) is 0 Å². The molecule has 2 fully saturated rings. The van der Waals surface area contributed by atoms with Gasteiger partial charge < -0.3 is 9.52 Å². The molecular weight excluding hydrogens is 258 g/mol. The molecule has 1 aromatic rings. The number of rotatable bonds is 3. The van der Waals surface area contributed by atoms with Crippen molar-refractivity contribution in [3.8, 4) is 0 Å². The number of hydrogen-bond donors (Lipinski definition) is 3. The first kappa shape index (κ1) is 13.6. The Balaban J connectivity index is 1.67. The molecule has 6 heteroatoms. The Hall–Kier alpha value is -1.37. The van der Waals surface area contributed by atoms with Crippen molar-refractivity contribution in [2.75, 3.05) is 13.1 Å². The summed E-state index contributed by atoms with van der Waals surface area (Å²) in [4.78, 5) is 13.8. The number of nitrogens with zero attached hydrogens (tertiary/aromatic N) is 1. The number of aliphatic hydroxyl groups excluding tert-OH is 1. The molecule has 2 heterocycles.